The number of rotatable bonds is 1. The normalized spacial score (nSPS) is 17.8. The molecular weight excluding hydrogens is 255 g/mol. The number of aromatic nitrogens is 2. The summed E-state index contributed by atoms with van der Waals surface area (Å²) in [6, 6.07) is 3.11. The summed E-state index contributed by atoms with van der Waals surface area (Å²) in [4.78, 5) is 0. The van der Waals surface area contributed by atoms with Crippen molar-refractivity contribution >= 4 is 23.0 Å². The second kappa shape index (κ2) is 4.17. The van der Waals surface area contributed by atoms with Gasteiger partial charge in [0.15, 0.2) is 0 Å². The molecule has 2 aromatic rings. The van der Waals surface area contributed by atoms with E-state index in [1.54, 1.807) is 10.7 Å². The van der Waals surface area contributed by atoms with E-state index in [4.69, 9.17) is 11.6 Å². The zero-order valence-corrected chi connectivity index (χ0v) is 10.5. The topological polar surface area (TPSA) is 41.9 Å². The number of hydrogen-bond acceptors (Lipinski definition) is 3. The van der Waals surface area contributed by atoms with Crippen molar-refractivity contribution in [3.63, 3.8) is 0 Å². The van der Waals surface area contributed by atoms with Crippen molar-refractivity contribution in [3.05, 3.63) is 40.9 Å². The zero-order valence-electron chi connectivity index (χ0n) is 9.74. The Bertz CT molecular complexity index is 596. The molecule has 6 heteroatoms. The Morgan fingerprint density at radius 2 is 2.28 bits per heavy atom. The Morgan fingerprint density at radius 3 is 3.00 bits per heavy atom. The van der Waals surface area contributed by atoms with Crippen LogP contribution in [-0.4, -0.2) is 16.3 Å². The third kappa shape index (κ3) is 1.90. The molecule has 2 N–H and O–H groups in total. The number of hydrogen-bond donors (Lipinski definition) is 2. The highest BCUT2D eigenvalue weighted by molar-refractivity contribution is 6.31. The number of fused-ring (bicyclic) bond motifs is 1. The van der Waals surface area contributed by atoms with Crippen molar-refractivity contribution < 1.29 is 4.39 Å². The summed E-state index contributed by atoms with van der Waals surface area (Å²) in [7, 11) is 1.87. The minimum atomic E-state index is -0.412. The first kappa shape index (κ1) is 11.3. The van der Waals surface area contributed by atoms with E-state index in [0.29, 0.717) is 6.54 Å². The van der Waals surface area contributed by atoms with Crippen LogP contribution < -0.4 is 10.6 Å². The van der Waals surface area contributed by atoms with Gasteiger partial charge in [0.05, 0.1) is 28.6 Å². The van der Waals surface area contributed by atoms with Crippen LogP contribution in [0.2, 0.25) is 5.02 Å². The maximum Gasteiger partial charge on any atom is 0.143 e. The molecule has 3 rings (SSSR count). The molecule has 1 atom stereocenters. The predicted octanol–water partition coefficient (Wildman–Crippen LogP) is 2.79. The van der Waals surface area contributed by atoms with Crippen LogP contribution in [0.5, 0.6) is 0 Å². The highest BCUT2D eigenvalue weighted by atomic mass is 35.5. The standard InChI is InChI=1S/C12H12ClFN4/c1-18-6-7(4-16-18)12-5-15-10-3-9(14)8(13)2-11(10)17-12/h2-4,6,12,15,17H,5H2,1H3. The molecule has 0 spiro atoms. The van der Waals surface area contributed by atoms with Gasteiger partial charge in [0.2, 0.25) is 0 Å². The number of nitrogens with zero attached hydrogens (tertiary/aromatic N) is 2. The molecule has 4 nitrogen and oxygen atoms in total. The molecule has 0 amide bonds. The SMILES string of the molecule is Cn1cc(C2CNc3cc(F)c(Cl)cc3N2)cn1. The Labute approximate surface area is 109 Å². The third-order valence-corrected chi connectivity index (χ3v) is 3.30. The van der Waals surface area contributed by atoms with Gasteiger partial charge in [-0.3, -0.25) is 4.68 Å². The fourth-order valence-electron chi connectivity index (χ4n) is 2.08. The van der Waals surface area contributed by atoms with Crippen molar-refractivity contribution in [2.24, 2.45) is 7.05 Å². The maximum absolute atomic E-state index is 13.3. The molecule has 0 radical (unpaired) electrons. The summed E-state index contributed by atoms with van der Waals surface area (Å²) in [6.07, 6.45) is 3.77. The van der Waals surface area contributed by atoms with Gasteiger partial charge in [-0.1, -0.05) is 11.6 Å². The lowest BCUT2D eigenvalue weighted by atomic mass is 10.1. The molecule has 2 heterocycles. The maximum atomic E-state index is 13.3. The molecule has 1 aliphatic rings. The van der Waals surface area contributed by atoms with Crippen molar-refractivity contribution in [3.8, 4) is 0 Å². The highest BCUT2D eigenvalue weighted by Gasteiger charge is 2.21. The minimum Gasteiger partial charge on any atom is -0.381 e. The molecule has 0 saturated heterocycles. The molecule has 0 aliphatic carbocycles. The zero-order chi connectivity index (χ0) is 12.7. The first-order valence-corrected chi connectivity index (χ1v) is 5.99. The lowest BCUT2D eigenvalue weighted by Gasteiger charge is -2.28. The van der Waals surface area contributed by atoms with Crippen molar-refractivity contribution in [1.82, 2.24) is 9.78 Å². The van der Waals surface area contributed by atoms with E-state index in [0.717, 1.165) is 16.9 Å². The molecule has 0 saturated carbocycles. The summed E-state index contributed by atoms with van der Waals surface area (Å²) in [6.45, 7) is 0.680. The van der Waals surface area contributed by atoms with Gasteiger partial charge in [0, 0.05) is 31.4 Å². The van der Waals surface area contributed by atoms with Crippen molar-refractivity contribution in [2.45, 2.75) is 6.04 Å². The van der Waals surface area contributed by atoms with E-state index < -0.39 is 5.82 Å². The van der Waals surface area contributed by atoms with Crippen LogP contribution in [0.4, 0.5) is 15.8 Å². The summed E-state index contributed by atoms with van der Waals surface area (Å²) in [5.74, 6) is -0.412. The van der Waals surface area contributed by atoms with Gasteiger partial charge in [0.25, 0.3) is 0 Å². The molecular formula is C12H12ClFN4. The molecule has 1 aromatic heterocycles. The Kier molecular flexibility index (Phi) is 2.63. The van der Waals surface area contributed by atoms with Crippen LogP contribution >= 0.6 is 11.6 Å². The van der Waals surface area contributed by atoms with Gasteiger partial charge in [-0.05, 0) is 6.07 Å². The number of aryl methyl sites for hydroxylation is 1. The van der Waals surface area contributed by atoms with Crippen LogP contribution in [0, 0.1) is 5.82 Å². The molecule has 1 aliphatic heterocycles. The second-order valence-corrected chi connectivity index (χ2v) is 4.74. The molecule has 0 fully saturated rings. The highest BCUT2D eigenvalue weighted by Crippen LogP contribution is 2.34. The van der Waals surface area contributed by atoms with Crippen molar-refractivity contribution in [2.75, 3.05) is 17.2 Å². The molecule has 18 heavy (non-hydrogen) atoms. The Morgan fingerprint density at radius 1 is 1.44 bits per heavy atom. The van der Waals surface area contributed by atoms with Gasteiger partial charge in [-0.15, -0.1) is 0 Å². The van der Waals surface area contributed by atoms with Gasteiger partial charge in [-0.25, -0.2) is 4.39 Å². The largest absolute Gasteiger partial charge is 0.381 e. The molecule has 0 bridgehead atoms. The summed E-state index contributed by atoms with van der Waals surface area (Å²) < 4.78 is 15.1. The Hall–Kier alpha value is -1.75. The van der Waals surface area contributed by atoms with E-state index in [1.807, 2.05) is 19.4 Å². The number of benzene rings is 1. The minimum absolute atomic E-state index is 0.104. The fraction of sp³-hybridized carbons (Fsp3) is 0.250. The first-order valence-electron chi connectivity index (χ1n) is 5.61. The van der Waals surface area contributed by atoms with Gasteiger partial charge in [-0.2, -0.15) is 5.10 Å². The lowest BCUT2D eigenvalue weighted by Crippen LogP contribution is -2.25. The van der Waals surface area contributed by atoms with E-state index >= 15 is 0 Å². The number of nitrogens with one attached hydrogen (secondary N) is 2. The monoisotopic (exact) mass is 266 g/mol. The van der Waals surface area contributed by atoms with Gasteiger partial charge < -0.3 is 10.6 Å². The van der Waals surface area contributed by atoms with Crippen LogP contribution in [0.15, 0.2) is 24.5 Å². The number of anilines is 2. The van der Waals surface area contributed by atoms with E-state index in [2.05, 4.69) is 15.7 Å². The summed E-state index contributed by atoms with van der Waals surface area (Å²) in [5, 5.41) is 10.8. The van der Waals surface area contributed by atoms with Crippen LogP contribution in [0.25, 0.3) is 0 Å². The lowest BCUT2D eigenvalue weighted by molar-refractivity contribution is 0.628. The fourth-order valence-corrected chi connectivity index (χ4v) is 2.25. The second-order valence-electron chi connectivity index (χ2n) is 4.34. The first-order chi connectivity index (χ1) is 8.63. The average molecular weight is 267 g/mol. The van der Waals surface area contributed by atoms with Crippen LogP contribution in [-0.2, 0) is 7.05 Å². The summed E-state index contributed by atoms with van der Waals surface area (Å²) in [5.41, 5.74) is 2.62. The third-order valence-electron chi connectivity index (χ3n) is 3.01. The van der Waals surface area contributed by atoms with E-state index in [1.165, 1.54) is 6.07 Å². The van der Waals surface area contributed by atoms with Gasteiger partial charge >= 0.3 is 0 Å². The molecule has 1 unspecified atom stereocenters. The average Bonchev–Trinajstić information content (AvgIpc) is 2.77. The summed E-state index contributed by atoms with van der Waals surface area (Å²) >= 11 is 5.78. The Balaban J connectivity index is 1.91. The smallest absolute Gasteiger partial charge is 0.143 e. The number of halogens is 2. The van der Waals surface area contributed by atoms with Gasteiger partial charge in [0.1, 0.15) is 5.82 Å². The van der Waals surface area contributed by atoms with E-state index in [9.17, 15) is 4.39 Å². The molecule has 94 valence electrons. The quantitative estimate of drug-likeness (QED) is 0.834. The van der Waals surface area contributed by atoms with E-state index in [-0.39, 0.29) is 11.1 Å². The van der Waals surface area contributed by atoms with Crippen molar-refractivity contribution in [1.29, 1.82) is 0 Å². The molecule has 1 aromatic carbocycles. The van der Waals surface area contributed by atoms with Crippen LogP contribution in [0.1, 0.15) is 11.6 Å². The van der Waals surface area contributed by atoms with Crippen LogP contribution in [0.3, 0.4) is 0 Å². The predicted molar refractivity (Wildman–Crippen MR) is 69.5 cm³/mol.